The Morgan fingerprint density at radius 3 is 3.00 bits per heavy atom. The SMILES string of the molecule is Cc1cc(Br)c2c(c1)C(CCN)CCC2. The summed E-state index contributed by atoms with van der Waals surface area (Å²) in [5.41, 5.74) is 10.1. The number of hydrogen-bond acceptors (Lipinski definition) is 1. The Balaban J connectivity index is 2.41. The van der Waals surface area contributed by atoms with Crippen molar-refractivity contribution in [1.82, 2.24) is 0 Å². The molecule has 0 bridgehead atoms. The zero-order chi connectivity index (χ0) is 10.8. The van der Waals surface area contributed by atoms with Gasteiger partial charge >= 0.3 is 0 Å². The molecule has 1 atom stereocenters. The van der Waals surface area contributed by atoms with Gasteiger partial charge in [0.15, 0.2) is 0 Å². The average molecular weight is 268 g/mol. The highest BCUT2D eigenvalue weighted by atomic mass is 79.9. The van der Waals surface area contributed by atoms with Gasteiger partial charge in [-0.1, -0.05) is 22.0 Å². The molecule has 0 saturated heterocycles. The fourth-order valence-electron chi connectivity index (χ4n) is 2.61. The summed E-state index contributed by atoms with van der Waals surface area (Å²) in [6.07, 6.45) is 4.96. The molecule has 2 rings (SSSR count). The summed E-state index contributed by atoms with van der Waals surface area (Å²) in [6.45, 7) is 2.97. The molecule has 1 aliphatic carbocycles. The van der Waals surface area contributed by atoms with E-state index in [1.807, 2.05) is 0 Å². The lowest BCUT2D eigenvalue weighted by Crippen LogP contribution is -2.14. The van der Waals surface area contributed by atoms with Gasteiger partial charge in [0, 0.05) is 4.47 Å². The van der Waals surface area contributed by atoms with Crippen LogP contribution in [-0.4, -0.2) is 6.54 Å². The van der Waals surface area contributed by atoms with Gasteiger partial charge in [-0.3, -0.25) is 0 Å². The van der Waals surface area contributed by atoms with Gasteiger partial charge in [0.05, 0.1) is 0 Å². The van der Waals surface area contributed by atoms with E-state index >= 15 is 0 Å². The summed E-state index contributed by atoms with van der Waals surface area (Å²) < 4.78 is 1.29. The van der Waals surface area contributed by atoms with Gasteiger partial charge in [-0.15, -0.1) is 0 Å². The van der Waals surface area contributed by atoms with Crippen LogP contribution in [0, 0.1) is 6.92 Å². The molecule has 0 amide bonds. The van der Waals surface area contributed by atoms with Gasteiger partial charge in [-0.05, 0) is 67.8 Å². The van der Waals surface area contributed by atoms with E-state index in [1.165, 1.54) is 34.9 Å². The molecule has 1 aromatic rings. The molecule has 2 heteroatoms. The summed E-state index contributed by atoms with van der Waals surface area (Å²) in [6, 6.07) is 4.57. The molecule has 82 valence electrons. The van der Waals surface area contributed by atoms with Gasteiger partial charge in [0.25, 0.3) is 0 Å². The molecule has 1 nitrogen and oxygen atoms in total. The van der Waals surface area contributed by atoms with E-state index < -0.39 is 0 Å². The number of nitrogens with two attached hydrogens (primary N) is 1. The number of halogens is 1. The van der Waals surface area contributed by atoms with Crippen molar-refractivity contribution in [1.29, 1.82) is 0 Å². The first-order valence-corrected chi connectivity index (χ1v) is 6.50. The van der Waals surface area contributed by atoms with Crippen molar-refractivity contribution in [3.8, 4) is 0 Å². The smallest absolute Gasteiger partial charge is 0.0212 e. The van der Waals surface area contributed by atoms with E-state index in [0.717, 1.165) is 13.0 Å². The van der Waals surface area contributed by atoms with E-state index in [1.54, 1.807) is 5.56 Å². The minimum Gasteiger partial charge on any atom is -0.330 e. The van der Waals surface area contributed by atoms with E-state index in [-0.39, 0.29) is 0 Å². The highest BCUT2D eigenvalue weighted by molar-refractivity contribution is 9.10. The predicted molar refractivity (Wildman–Crippen MR) is 68.2 cm³/mol. The highest BCUT2D eigenvalue weighted by Crippen LogP contribution is 2.37. The molecule has 15 heavy (non-hydrogen) atoms. The van der Waals surface area contributed by atoms with Gasteiger partial charge in [-0.2, -0.15) is 0 Å². The zero-order valence-electron chi connectivity index (χ0n) is 9.22. The van der Waals surface area contributed by atoms with Crippen molar-refractivity contribution in [3.05, 3.63) is 33.3 Å². The van der Waals surface area contributed by atoms with Crippen LogP contribution in [0.4, 0.5) is 0 Å². The van der Waals surface area contributed by atoms with Crippen molar-refractivity contribution in [2.75, 3.05) is 6.54 Å². The largest absolute Gasteiger partial charge is 0.330 e. The van der Waals surface area contributed by atoms with Crippen LogP contribution in [0.5, 0.6) is 0 Å². The first-order chi connectivity index (χ1) is 7.22. The summed E-state index contributed by atoms with van der Waals surface area (Å²) in [5.74, 6) is 0.690. The molecule has 0 aromatic heterocycles. The number of aryl methyl sites for hydroxylation is 1. The Bertz CT molecular complexity index is 360. The second-order valence-electron chi connectivity index (χ2n) is 4.48. The molecule has 1 aliphatic rings. The maximum Gasteiger partial charge on any atom is 0.0212 e. The molecular formula is C13H18BrN. The zero-order valence-corrected chi connectivity index (χ0v) is 10.8. The Hall–Kier alpha value is -0.340. The first kappa shape index (κ1) is 11.2. The van der Waals surface area contributed by atoms with E-state index in [0.29, 0.717) is 5.92 Å². The molecule has 0 heterocycles. The van der Waals surface area contributed by atoms with Crippen molar-refractivity contribution in [2.24, 2.45) is 5.73 Å². The van der Waals surface area contributed by atoms with Crippen LogP contribution in [0.15, 0.2) is 16.6 Å². The van der Waals surface area contributed by atoms with Gasteiger partial charge in [0.1, 0.15) is 0 Å². The van der Waals surface area contributed by atoms with E-state index in [4.69, 9.17) is 5.73 Å². The summed E-state index contributed by atoms with van der Waals surface area (Å²) in [7, 11) is 0. The number of rotatable bonds is 2. The Morgan fingerprint density at radius 2 is 2.27 bits per heavy atom. The van der Waals surface area contributed by atoms with Crippen LogP contribution in [-0.2, 0) is 6.42 Å². The maximum atomic E-state index is 5.68. The number of benzene rings is 1. The Labute approximate surface area is 100 Å². The van der Waals surface area contributed by atoms with Crippen LogP contribution in [0.3, 0.4) is 0 Å². The van der Waals surface area contributed by atoms with Crippen molar-refractivity contribution in [2.45, 2.75) is 38.5 Å². The molecule has 0 saturated carbocycles. The number of fused-ring (bicyclic) bond motifs is 1. The van der Waals surface area contributed by atoms with E-state index in [9.17, 15) is 0 Å². The maximum absolute atomic E-state index is 5.68. The van der Waals surface area contributed by atoms with Crippen molar-refractivity contribution < 1.29 is 0 Å². The molecule has 2 N–H and O–H groups in total. The van der Waals surface area contributed by atoms with Crippen LogP contribution in [0.2, 0.25) is 0 Å². The first-order valence-electron chi connectivity index (χ1n) is 5.71. The Kier molecular flexibility index (Phi) is 3.47. The molecule has 1 unspecified atom stereocenters. The van der Waals surface area contributed by atoms with Crippen molar-refractivity contribution in [3.63, 3.8) is 0 Å². The summed E-state index contributed by atoms with van der Waals surface area (Å²) >= 11 is 3.68. The summed E-state index contributed by atoms with van der Waals surface area (Å²) in [4.78, 5) is 0. The van der Waals surface area contributed by atoms with Crippen LogP contribution in [0.25, 0.3) is 0 Å². The molecule has 0 spiro atoms. The van der Waals surface area contributed by atoms with Crippen LogP contribution in [0.1, 0.15) is 41.9 Å². The van der Waals surface area contributed by atoms with E-state index in [2.05, 4.69) is 35.0 Å². The standard InChI is InChI=1S/C13H18BrN/c1-9-7-12-10(5-6-15)3-2-4-11(12)13(14)8-9/h7-8,10H,2-6,15H2,1H3. The predicted octanol–water partition coefficient (Wildman–Crippen LogP) is 3.53. The van der Waals surface area contributed by atoms with Crippen molar-refractivity contribution >= 4 is 15.9 Å². The van der Waals surface area contributed by atoms with Crippen LogP contribution < -0.4 is 5.73 Å². The molecule has 0 fully saturated rings. The Morgan fingerprint density at radius 1 is 1.47 bits per heavy atom. The highest BCUT2D eigenvalue weighted by Gasteiger charge is 2.21. The second kappa shape index (κ2) is 4.67. The monoisotopic (exact) mass is 267 g/mol. The summed E-state index contributed by atoms with van der Waals surface area (Å²) in [5, 5.41) is 0. The fraction of sp³-hybridized carbons (Fsp3) is 0.538. The van der Waals surface area contributed by atoms with Gasteiger partial charge in [0.2, 0.25) is 0 Å². The minimum atomic E-state index is 0.690. The molecule has 0 aliphatic heterocycles. The van der Waals surface area contributed by atoms with Crippen LogP contribution >= 0.6 is 15.9 Å². The molecule has 0 radical (unpaired) electrons. The topological polar surface area (TPSA) is 26.0 Å². The second-order valence-corrected chi connectivity index (χ2v) is 5.34. The lowest BCUT2D eigenvalue weighted by atomic mass is 9.80. The third kappa shape index (κ3) is 2.26. The quantitative estimate of drug-likeness (QED) is 0.872. The normalized spacial score (nSPS) is 20.1. The van der Waals surface area contributed by atoms with Gasteiger partial charge < -0.3 is 5.73 Å². The lowest BCUT2D eigenvalue weighted by Gasteiger charge is -2.26. The lowest BCUT2D eigenvalue weighted by molar-refractivity contribution is 0.524. The third-order valence-electron chi connectivity index (χ3n) is 3.31. The third-order valence-corrected chi connectivity index (χ3v) is 4.02. The fourth-order valence-corrected chi connectivity index (χ4v) is 3.40. The van der Waals surface area contributed by atoms with Gasteiger partial charge in [-0.25, -0.2) is 0 Å². The molecule has 1 aromatic carbocycles. The minimum absolute atomic E-state index is 0.690. The number of hydrogen-bond donors (Lipinski definition) is 1. The molecular weight excluding hydrogens is 250 g/mol. The average Bonchev–Trinajstić information content (AvgIpc) is 2.19.